The van der Waals surface area contributed by atoms with Crippen LogP contribution in [0.4, 0.5) is 10.3 Å². The molecular formula is C14H10FN3S. The Kier molecular flexibility index (Phi) is 3.05. The highest BCUT2D eigenvalue weighted by atomic mass is 32.2. The molecule has 3 nitrogen and oxygen atoms in total. The molecule has 0 saturated heterocycles. The predicted molar refractivity (Wildman–Crippen MR) is 74.5 cm³/mol. The number of halogens is 1. The Morgan fingerprint density at radius 3 is 2.68 bits per heavy atom. The molecule has 0 atom stereocenters. The highest BCUT2D eigenvalue weighted by Crippen LogP contribution is 2.30. The lowest BCUT2D eigenvalue weighted by molar-refractivity contribution is 0.580. The molecular weight excluding hydrogens is 261 g/mol. The monoisotopic (exact) mass is 271 g/mol. The van der Waals surface area contributed by atoms with Crippen LogP contribution in [0.25, 0.3) is 10.8 Å². The van der Waals surface area contributed by atoms with Crippen LogP contribution < -0.4 is 5.73 Å². The summed E-state index contributed by atoms with van der Waals surface area (Å²) in [6.07, 6.45) is 1.09. The summed E-state index contributed by atoms with van der Waals surface area (Å²) in [5.41, 5.74) is 5.47. The molecule has 2 aromatic carbocycles. The van der Waals surface area contributed by atoms with Crippen molar-refractivity contribution in [2.75, 3.05) is 5.73 Å². The van der Waals surface area contributed by atoms with E-state index in [1.165, 1.54) is 11.8 Å². The molecule has 1 aromatic heterocycles. The molecule has 94 valence electrons. The Labute approximate surface area is 113 Å². The number of rotatable bonds is 2. The van der Waals surface area contributed by atoms with Gasteiger partial charge in [-0.25, -0.2) is 14.4 Å². The fourth-order valence-corrected chi connectivity index (χ4v) is 2.61. The van der Waals surface area contributed by atoms with E-state index in [4.69, 9.17) is 5.73 Å². The molecule has 0 bridgehead atoms. The number of fused-ring (bicyclic) bond motifs is 1. The summed E-state index contributed by atoms with van der Waals surface area (Å²) in [5.74, 6) is -0.392. The zero-order valence-electron chi connectivity index (χ0n) is 9.88. The second-order valence-corrected chi connectivity index (χ2v) is 5.05. The van der Waals surface area contributed by atoms with Crippen LogP contribution in [0.5, 0.6) is 0 Å². The van der Waals surface area contributed by atoms with Gasteiger partial charge in [0.2, 0.25) is 5.95 Å². The molecule has 5 heteroatoms. The number of nitrogens with zero attached hydrogens (tertiary/aromatic N) is 2. The largest absolute Gasteiger partial charge is 0.368 e. The van der Waals surface area contributed by atoms with Crippen LogP contribution in [0.3, 0.4) is 0 Å². The lowest BCUT2D eigenvalue weighted by atomic mass is 10.1. The third-order valence-electron chi connectivity index (χ3n) is 2.67. The van der Waals surface area contributed by atoms with E-state index >= 15 is 0 Å². The van der Waals surface area contributed by atoms with Crippen molar-refractivity contribution in [2.24, 2.45) is 0 Å². The average Bonchev–Trinajstić information content (AvgIpc) is 2.43. The van der Waals surface area contributed by atoms with Crippen LogP contribution in [-0.4, -0.2) is 9.97 Å². The van der Waals surface area contributed by atoms with Gasteiger partial charge in [-0.15, -0.1) is 0 Å². The van der Waals surface area contributed by atoms with Gasteiger partial charge in [0.05, 0.1) is 6.20 Å². The fraction of sp³-hybridized carbons (Fsp3) is 0. The van der Waals surface area contributed by atoms with E-state index in [0.29, 0.717) is 0 Å². The highest BCUT2D eigenvalue weighted by molar-refractivity contribution is 7.99. The average molecular weight is 271 g/mol. The predicted octanol–water partition coefficient (Wildman–Crippen LogP) is 3.50. The highest BCUT2D eigenvalue weighted by Gasteiger charge is 2.08. The number of nitrogens with two attached hydrogens (primary N) is 1. The Hall–Kier alpha value is -2.14. The number of anilines is 1. The van der Waals surface area contributed by atoms with Gasteiger partial charge in [0, 0.05) is 4.90 Å². The van der Waals surface area contributed by atoms with Gasteiger partial charge < -0.3 is 5.73 Å². The topological polar surface area (TPSA) is 51.8 Å². The molecule has 2 N–H and O–H groups in total. The van der Waals surface area contributed by atoms with E-state index < -0.39 is 5.82 Å². The van der Waals surface area contributed by atoms with Gasteiger partial charge in [0.1, 0.15) is 5.03 Å². The molecule has 1 heterocycles. The third kappa shape index (κ3) is 2.51. The minimum Gasteiger partial charge on any atom is -0.368 e. The van der Waals surface area contributed by atoms with E-state index in [9.17, 15) is 4.39 Å². The molecule has 0 spiro atoms. The molecule has 0 saturated carbocycles. The first kappa shape index (κ1) is 11.9. The summed E-state index contributed by atoms with van der Waals surface area (Å²) >= 11 is 1.24. The Bertz CT molecular complexity index is 746. The number of aromatic nitrogens is 2. The first-order valence-corrected chi connectivity index (χ1v) is 6.49. The van der Waals surface area contributed by atoms with E-state index in [0.717, 1.165) is 21.9 Å². The van der Waals surface area contributed by atoms with E-state index in [1.54, 1.807) is 0 Å². The lowest BCUT2D eigenvalue weighted by Gasteiger charge is -2.04. The molecule has 3 rings (SSSR count). The quantitative estimate of drug-likeness (QED) is 0.725. The number of nitrogen functional groups attached to an aromatic ring is 1. The molecule has 3 aromatic rings. The Balaban J connectivity index is 1.98. The maximum absolute atomic E-state index is 13.6. The Morgan fingerprint density at radius 2 is 1.84 bits per heavy atom. The van der Waals surface area contributed by atoms with Gasteiger partial charge in [-0.3, -0.25) is 0 Å². The second-order valence-electron chi connectivity index (χ2n) is 3.99. The second kappa shape index (κ2) is 4.85. The van der Waals surface area contributed by atoms with Crippen molar-refractivity contribution in [1.29, 1.82) is 0 Å². The molecule has 0 fully saturated rings. The van der Waals surface area contributed by atoms with Crippen molar-refractivity contribution in [2.45, 2.75) is 9.92 Å². The Morgan fingerprint density at radius 1 is 1.05 bits per heavy atom. The third-order valence-corrected chi connectivity index (χ3v) is 3.64. The first-order chi connectivity index (χ1) is 9.22. The van der Waals surface area contributed by atoms with Gasteiger partial charge in [0.25, 0.3) is 0 Å². The van der Waals surface area contributed by atoms with Crippen molar-refractivity contribution < 1.29 is 4.39 Å². The van der Waals surface area contributed by atoms with Crippen LogP contribution in [-0.2, 0) is 0 Å². The lowest BCUT2D eigenvalue weighted by Crippen LogP contribution is -1.97. The SMILES string of the molecule is Nc1ncc(F)c(Sc2ccc3ccccc3c2)n1. The van der Waals surface area contributed by atoms with Crippen molar-refractivity contribution in [3.8, 4) is 0 Å². The van der Waals surface area contributed by atoms with Gasteiger partial charge in [-0.05, 0) is 22.9 Å². The first-order valence-electron chi connectivity index (χ1n) is 5.67. The van der Waals surface area contributed by atoms with E-state index in [-0.39, 0.29) is 11.0 Å². The standard InChI is InChI=1S/C14H10FN3S/c15-12-8-17-14(16)18-13(12)19-11-6-5-9-3-1-2-4-10(9)7-11/h1-8H,(H2,16,17,18). The summed E-state index contributed by atoms with van der Waals surface area (Å²) in [6, 6.07) is 13.9. The van der Waals surface area contributed by atoms with Gasteiger partial charge >= 0.3 is 0 Å². The minimum atomic E-state index is -0.465. The van der Waals surface area contributed by atoms with Crippen LogP contribution in [0.2, 0.25) is 0 Å². The number of hydrogen-bond donors (Lipinski definition) is 1. The van der Waals surface area contributed by atoms with Crippen LogP contribution >= 0.6 is 11.8 Å². The van der Waals surface area contributed by atoms with Crippen LogP contribution in [0.1, 0.15) is 0 Å². The van der Waals surface area contributed by atoms with E-state index in [2.05, 4.69) is 9.97 Å². The van der Waals surface area contributed by atoms with Gasteiger partial charge in [0.15, 0.2) is 5.82 Å². The zero-order valence-corrected chi connectivity index (χ0v) is 10.7. The van der Waals surface area contributed by atoms with Crippen molar-refractivity contribution in [1.82, 2.24) is 9.97 Å². The molecule has 19 heavy (non-hydrogen) atoms. The summed E-state index contributed by atoms with van der Waals surface area (Å²) in [5, 5.41) is 2.49. The molecule has 0 aliphatic heterocycles. The molecule has 0 amide bonds. The molecule has 0 aliphatic rings. The number of hydrogen-bond acceptors (Lipinski definition) is 4. The summed E-state index contributed by atoms with van der Waals surface area (Å²) < 4.78 is 13.6. The van der Waals surface area contributed by atoms with Crippen LogP contribution in [0, 0.1) is 5.82 Å². The molecule has 0 unspecified atom stereocenters. The maximum Gasteiger partial charge on any atom is 0.221 e. The van der Waals surface area contributed by atoms with Crippen molar-refractivity contribution >= 4 is 28.5 Å². The van der Waals surface area contributed by atoms with E-state index in [1.807, 2.05) is 42.5 Å². The summed E-state index contributed by atoms with van der Waals surface area (Å²) in [6.45, 7) is 0. The maximum atomic E-state index is 13.6. The fourth-order valence-electron chi connectivity index (χ4n) is 1.78. The van der Waals surface area contributed by atoms with Gasteiger partial charge in [-0.1, -0.05) is 42.1 Å². The van der Waals surface area contributed by atoms with Crippen molar-refractivity contribution in [3.63, 3.8) is 0 Å². The molecule has 0 radical (unpaired) electrons. The normalized spacial score (nSPS) is 10.8. The van der Waals surface area contributed by atoms with Gasteiger partial charge in [-0.2, -0.15) is 0 Å². The zero-order chi connectivity index (χ0) is 13.2. The van der Waals surface area contributed by atoms with Crippen molar-refractivity contribution in [3.05, 3.63) is 54.5 Å². The molecule has 0 aliphatic carbocycles. The van der Waals surface area contributed by atoms with Crippen LogP contribution in [0.15, 0.2) is 58.6 Å². The smallest absolute Gasteiger partial charge is 0.221 e. The summed E-state index contributed by atoms with van der Waals surface area (Å²) in [7, 11) is 0. The minimum absolute atomic E-state index is 0.0738. The number of benzene rings is 2. The summed E-state index contributed by atoms with van der Waals surface area (Å²) in [4.78, 5) is 8.42.